The Morgan fingerprint density at radius 3 is 2.27 bits per heavy atom. The van der Waals surface area contributed by atoms with Crippen LogP contribution in [-0.4, -0.2) is 54.0 Å². The van der Waals surface area contributed by atoms with E-state index in [4.69, 9.17) is 9.47 Å². The molecule has 2 aromatic rings. The summed E-state index contributed by atoms with van der Waals surface area (Å²) in [5, 5.41) is 21.9. The van der Waals surface area contributed by atoms with Crippen molar-refractivity contribution in [3.63, 3.8) is 0 Å². The number of aliphatic hydroxyl groups is 1. The van der Waals surface area contributed by atoms with Crippen molar-refractivity contribution in [2.75, 3.05) is 27.4 Å². The van der Waals surface area contributed by atoms with Crippen molar-refractivity contribution < 1.29 is 29.1 Å². The average Bonchev–Trinajstić information content (AvgIpc) is 3.02. The van der Waals surface area contributed by atoms with E-state index < -0.39 is 22.7 Å². The zero-order chi connectivity index (χ0) is 21.8. The van der Waals surface area contributed by atoms with E-state index in [1.807, 2.05) is 0 Å². The third-order valence-electron chi connectivity index (χ3n) is 4.86. The summed E-state index contributed by atoms with van der Waals surface area (Å²) < 4.78 is 10.1. The minimum absolute atomic E-state index is 0.0878. The smallest absolute Gasteiger partial charge is 0.295 e. The molecular weight excluding hydrogens is 392 g/mol. The van der Waals surface area contributed by atoms with Crippen LogP contribution in [0.15, 0.2) is 54.1 Å². The molecule has 1 fully saturated rings. The Labute approximate surface area is 172 Å². The third-order valence-corrected chi connectivity index (χ3v) is 4.86. The fourth-order valence-electron chi connectivity index (χ4n) is 3.33. The van der Waals surface area contributed by atoms with Crippen LogP contribution < -0.4 is 4.74 Å². The lowest BCUT2D eigenvalue weighted by atomic mass is 9.95. The highest BCUT2D eigenvalue weighted by molar-refractivity contribution is 6.46. The first-order chi connectivity index (χ1) is 14.4. The maximum absolute atomic E-state index is 12.8. The monoisotopic (exact) mass is 412 g/mol. The molecule has 156 valence electrons. The summed E-state index contributed by atoms with van der Waals surface area (Å²) in [7, 11) is 2.97. The number of aliphatic hydroxyl groups excluding tert-OH is 1. The molecule has 0 radical (unpaired) electrons. The van der Waals surface area contributed by atoms with Gasteiger partial charge in [-0.15, -0.1) is 0 Å². The van der Waals surface area contributed by atoms with Crippen molar-refractivity contribution in [3.05, 3.63) is 75.3 Å². The van der Waals surface area contributed by atoms with Crippen LogP contribution in [0.1, 0.15) is 17.2 Å². The van der Waals surface area contributed by atoms with E-state index in [1.165, 1.54) is 43.4 Å². The summed E-state index contributed by atoms with van der Waals surface area (Å²) in [5.41, 5.74) is 0.594. The molecule has 1 aliphatic heterocycles. The summed E-state index contributed by atoms with van der Waals surface area (Å²) in [4.78, 5) is 37.2. The number of carbonyl (C=O) groups is 2. The number of hydrogen-bond donors (Lipinski definition) is 1. The normalized spacial score (nSPS) is 17.9. The summed E-state index contributed by atoms with van der Waals surface area (Å²) >= 11 is 0. The van der Waals surface area contributed by atoms with Crippen LogP contribution >= 0.6 is 0 Å². The molecule has 0 saturated carbocycles. The quantitative estimate of drug-likeness (QED) is 0.244. The van der Waals surface area contributed by atoms with E-state index in [0.717, 1.165) is 0 Å². The molecule has 0 bridgehead atoms. The number of likely N-dealkylation sites (tertiary alicyclic amines) is 1. The van der Waals surface area contributed by atoms with Crippen LogP contribution in [0.3, 0.4) is 0 Å². The molecule has 1 atom stereocenters. The van der Waals surface area contributed by atoms with Gasteiger partial charge in [-0.3, -0.25) is 19.7 Å². The lowest BCUT2D eigenvalue weighted by Gasteiger charge is -2.25. The van der Waals surface area contributed by atoms with Gasteiger partial charge in [0.15, 0.2) is 0 Å². The molecule has 0 aromatic heterocycles. The lowest BCUT2D eigenvalue weighted by Crippen LogP contribution is -2.32. The lowest BCUT2D eigenvalue weighted by molar-refractivity contribution is -0.384. The number of benzene rings is 2. The summed E-state index contributed by atoms with van der Waals surface area (Å²) in [6, 6.07) is 11.0. The molecule has 1 amide bonds. The molecule has 9 nitrogen and oxygen atoms in total. The Balaban J connectivity index is 2.12. The van der Waals surface area contributed by atoms with Crippen LogP contribution in [0, 0.1) is 10.1 Å². The Bertz CT molecular complexity index is 997. The molecule has 1 heterocycles. The largest absolute Gasteiger partial charge is 0.507 e. The van der Waals surface area contributed by atoms with E-state index in [9.17, 15) is 24.8 Å². The number of carbonyl (C=O) groups excluding carboxylic acids is 2. The second-order valence-electron chi connectivity index (χ2n) is 6.56. The van der Waals surface area contributed by atoms with Gasteiger partial charge in [0, 0.05) is 31.4 Å². The molecule has 3 rings (SSSR count). The summed E-state index contributed by atoms with van der Waals surface area (Å²) in [5.74, 6) is -1.37. The van der Waals surface area contributed by atoms with Gasteiger partial charge in [-0.2, -0.15) is 0 Å². The van der Waals surface area contributed by atoms with Crippen molar-refractivity contribution in [1.82, 2.24) is 4.90 Å². The number of amides is 1. The van der Waals surface area contributed by atoms with Gasteiger partial charge >= 0.3 is 0 Å². The molecule has 0 spiro atoms. The predicted molar refractivity (Wildman–Crippen MR) is 107 cm³/mol. The molecule has 9 heteroatoms. The first kappa shape index (κ1) is 21.0. The van der Waals surface area contributed by atoms with Gasteiger partial charge in [-0.05, 0) is 42.0 Å². The van der Waals surface area contributed by atoms with E-state index >= 15 is 0 Å². The van der Waals surface area contributed by atoms with Gasteiger partial charge in [-0.25, -0.2) is 0 Å². The van der Waals surface area contributed by atoms with Crippen molar-refractivity contribution in [1.29, 1.82) is 0 Å². The number of non-ortho nitro benzene ring substituents is 1. The fraction of sp³-hybridized carbons (Fsp3) is 0.238. The van der Waals surface area contributed by atoms with E-state index in [-0.39, 0.29) is 30.2 Å². The van der Waals surface area contributed by atoms with Crippen LogP contribution in [0.25, 0.3) is 5.76 Å². The van der Waals surface area contributed by atoms with E-state index in [0.29, 0.717) is 16.9 Å². The van der Waals surface area contributed by atoms with Gasteiger partial charge in [0.2, 0.25) is 0 Å². The minimum atomic E-state index is -0.900. The highest BCUT2D eigenvalue weighted by Gasteiger charge is 2.45. The topological polar surface area (TPSA) is 119 Å². The zero-order valence-corrected chi connectivity index (χ0v) is 16.4. The third kappa shape index (κ3) is 3.87. The maximum Gasteiger partial charge on any atom is 0.295 e. The van der Waals surface area contributed by atoms with Crippen LogP contribution in [-0.2, 0) is 14.3 Å². The first-order valence-corrected chi connectivity index (χ1v) is 9.05. The van der Waals surface area contributed by atoms with E-state index in [1.54, 1.807) is 24.3 Å². The Morgan fingerprint density at radius 2 is 1.73 bits per heavy atom. The van der Waals surface area contributed by atoms with E-state index in [2.05, 4.69) is 0 Å². The van der Waals surface area contributed by atoms with Gasteiger partial charge < -0.3 is 19.5 Å². The number of methoxy groups -OCH3 is 2. The number of hydrogen-bond acceptors (Lipinski definition) is 7. The van der Waals surface area contributed by atoms with Crippen molar-refractivity contribution in [2.24, 2.45) is 0 Å². The number of nitro groups is 1. The molecule has 1 saturated heterocycles. The molecule has 2 aromatic carbocycles. The van der Waals surface area contributed by atoms with Crippen molar-refractivity contribution in [2.45, 2.75) is 6.04 Å². The van der Waals surface area contributed by atoms with Gasteiger partial charge in [0.05, 0.1) is 30.3 Å². The molecule has 0 unspecified atom stereocenters. The Kier molecular flexibility index (Phi) is 6.12. The first-order valence-electron chi connectivity index (χ1n) is 9.05. The highest BCUT2D eigenvalue weighted by atomic mass is 16.6. The maximum atomic E-state index is 12.8. The molecule has 0 aliphatic carbocycles. The second kappa shape index (κ2) is 8.75. The number of Topliss-reactive ketones (excluding diaryl/α,β-unsaturated/α-hetero) is 1. The number of ketones is 1. The SMILES string of the molecule is COCCN1C(=O)C(=O)C(=C(O)c2ccc(OC)cc2)[C@@H]1c1ccc([N+](=O)[O-])cc1. The minimum Gasteiger partial charge on any atom is -0.507 e. The Morgan fingerprint density at radius 1 is 1.10 bits per heavy atom. The fourth-order valence-corrected chi connectivity index (χ4v) is 3.33. The van der Waals surface area contributed by atoms with Crippen LogP contribution in [0.5, 0.6) is 5.75 Å². The average molecular weight is 412 g/mol. The van der Waals surface area contributed by atoms with Crippen LogP contribution in [0.4, 0.5) is 5.69 Å². The molecule has 1 aliphatic rings. The van der Waals surface area contributed by atoms with Crippen molar-refractivity contribution >= 4 is 23.1 Å². The summed E-state index contributed by atoms with van der Waals surface area (Å²) in [6.07, 6.45) is 0. The number of ether oxygens (including phenoxy) is 2. The van der Waals surface area contributed by atoms with Crippen molar-refractivity contribution in [3.8, 4) is 5.75 Å². The van der Waals surface area contributed by atoms with Gasteiger partial charge in [0.25, 0.3) is 17.4 Å². The van der Waals surface area contributed by atoms with Gasteiger partial charge in [-0.1, -0.05) is 0 Å². The van der Waals surface area contributed by atoms with Crippen LogP contribution in [0.2, 0.25) is 0 Å². The standard InChI is InChI=1S/C21H20N2O7/c1-29-12-11-22-18(13-3-7-15(8-4-13)23(27)28)17(20(25)21(22)26)19(24)14-5-9-16(30-2)10-6-14/h3-10,18,24H,11-12H2,1-2H3/t18-/m0/s1. The molecule has 30 heavy (non-hydrogen) atoms. The molecule has 1 N–H and O–H groups in total. The number of rotatable bonds is 7. The number of nitrogens with zero attached hydrogens (tertiary/aromatic N) is 2. The highest BCUT2D eigenvalue weighted by Crippen LogP contribution is 2.39. The molecular formula is C21H20N2O7. The predicted octanol–water partition coefficient (Wildman–Crippen LogP) is 2.67. The summed E-state index contributed by atoms with van der Waals surface area (Å²) in [6.45, 7) is 0.293. The number of nitro benzene ring substituents is 1. The Hall–Kier alpha value is -3.72. The second-order valence-corrected chi connectivity index (χ2v) is 6.56. The zero-order valence-electron chi connectivity index (χ0n) is 16.4. The van der Waals surface area contributed by atoms with Gasteiger partial charge in [0.1, 0.15) is 11.5 Å².